The number of hydrogen-bond donors (Lipinski definition) is 1. The molecule has 1 nitrogen and oxygen atoms in total. The van der Waals surface area contributed by atoms with Gasteiger partial charge in [-0.3, -0.25) is 4.79 Å². The van der Waals surface area contributed by atoms with Gasteiger partial charge in [0.25, 0.3) is 0 Å². The summed E-state index contributed by atoms with van der Waals surface area (Å²) in [5, 5.41) is 0.794. The molecule has 2 aromatic carbocycles. The van der Waals surface area contributed by atoms with Crippen molar-refractivity contribution >= 4 is 30.5 Å². The molecule has 0 fully saturated rings. The number of halogens is 1. The van der Waals surface area contributed by atoms with E-state index >= 15 is 0 Å². The summed E-state index contributed by atoms with van der Waals surface area (Å²) in [6.07, 6.45) is 0.813. The predicted molar refractivity (Wildman–Crippen MR) is 70.5 cm³/mol. The molecule has 82 valence electrons. The zero-order chi connectivity index (χ0) is 11.8. The fraction of sp³-hybridized carbons (Fsp3) is 0. The maximum absolute atomic E-state index is 10.1. The summed E-state index contributed by atoms with van der Waals surface area (Å²) in [6, 6.07) is 16.5. The molecule has 0 aliphatic heterocycles. The summed E-state index contributed by atoms with van der Waals surface area (Å²) in [7, 11) is 0. The van der Waals surface area contributed by atoms with Gasteiger partial charge in [0.05, 0.1) is 0 Å². The monoisotopic (exact) mass is 250 g/mol. The molecule has 0 unspecified atom stereocenters. The molecule has 0 aliphatic carbocycles. The van der Waals surface area contributed by atoms with Crippen molar-refractivity contribution in [2.75, 3.05) is 0 Å². The van der Waals surface area contributed by atoms with Gasteiger partial charge < -0.3 is 0 Å². The molecular formula is C13H11ClOS. The zero-order valence-electron chi connectivity index (χ0n) is 8.51. The normalized spacial score (nSPS) is 8.88. The van der Waals surface area contributed by atoms with Crippen LogP contribution < -0.4 is 0 Å². The Bertz CT molecular complexity index is 425. The molecule has 0 spiro atoms. The Morgan fingerprint density at radius 3 is 1.88 bits per heavy atom. The van der Waals surface area contributed by atoms with E-state index < -0.39 is 0 Å². The van der Waals surface area contributed by atoms with Crippen LogP contribution in [-0.2, 0) is 0 Å². The molecule has 2 rings (SSSR count). The highest BCUT2D eigenvalue weighted by Crippen LogP contribution is 2.05. The number of rotatable bonds is 1. The minimum atomic E-state index is 0.688. The van der Waals surface area contributed by atoms with E-state index in [0.717, 1.165) is 16.2 Å². The lowest BCUT2D eigenvalue weighted by atomic mass is 10.2. The summed E-state index contributed by atoms with van der Waals surface area (Å²) in [4.78, 5) is 11.0. The van der Waals surface area contributed by atoms with Gasteiger partial charge in [-0.2, -0.15) is 0 Å². The quantitative estimate of drug-likeness (QED) is 0.595. The number of thiol groups is 1. The van der Waals surface area contributed by atoms with Gasteiger partial charge in [-0.25, -0.2) is 0 Å². The standard InChI is InChI=1S/C7H6OS.C6H5Cl/c8-5-6-1-3-7(9)4-2-6;7-6-4-2-1-3-5-6/h1-5,9H;1-5H. The Labute approximate surface area is 105 Å². The van der Waals surface area contributed by atoms with Crippen LogP contribution in [0.15, 0.2) is 59.5 Å². The molecule has 3 heteroatoms. The van der Waals surface area contributed by atoms with Crippen LogP contribution in [0.1, 0.15) is 10.4 Å². The molecule has 0 radical (unpaired) electrons. The largest absolute Gasteiger partial charge is 0.298 e. The van der Waals surface area contributed by atoms with Crippen molar-refractivity contribution in [3.63, 3.8) is 0 Å². The maximum atomic E-state index is 10.1. The van der Waals surface area contributed by atoms with Crippen LogP contribution in [0, 0.1) is 0 Å². The molecule has 0 saturated heterocycles. The summed E-state index contributed by atoms with van der Waals surface area (Å²) in [5.74, 6) is 0. The lowest BCUT2D eigenvalue weighted by Gasteiger charge is -1.88. The third-order valence-corrected chi connectivity index (χ3v) is 2.31. The lowest BCUT2D eigenvalue weighted by Crippen LogP contribution is -1.75. The molecule has 0 amide bonds. The molecular weight excluding hydrogens is 240 g/mol. The smallest absolute Gasteiger partial charge is 0.150 e. The highest BCUT2D eigenvalue weighted by molar-refractivity contribution is 7.80. The summed E-state index contributed by atoms with van der Waals surface area (Å²) in [6.45, 7) is 0. The van der Waals surface area contributed by atoms with E-state index in [1.807, 2.05) is 30.3 Å². The van der Waals surface area contributed by atoms with Crippen molar-refractivity contribution in [3.05, 3.63) is 65.2 Å². The van der Waals surface area contributed by atoms with Crippen molar-refractivity contribution in [1.82, 2.24) is 0 Å². The van der Waals surface area contributed by atoms with Gasteiger partial charge >= 0.3 is 0 Å². The van der Waals surface area contributed by atoms with Crippen molar-refractivity contribution in [2.24, 2.45) is 0 Å². The van der Waals surface area contributed by atoms with Crippen molar-refractivity contribution in [2.45, 2.75) is 4.90 Å². The van der Waals surface area contributed by atoms with E-state index in [1.165, 1.54) is 0 Å². The van der Waals surface area contributed by atoms with E-state index in [2.05, 4.69) is 12.6 Å². The van der Waals surface area contributed by atoms with Crippen molar-refractivity contribution < 1.29 is 4.79 Å². The van der Waals surface area contributed by atoms with Gasteiger partial charge in [-0.15, -0.1) is 12.6 Å². The minimum absolute atomic E-state index is 0.688. The van der Waals surface area contributed by atoms with Crippen LogP contribution in [0.3, 0.4) is 0 Å². The van der Waals surface area contributed by atoms with Gasteiger partial charge in [-0.05, 0) is 24.3 Å². The highest BCUT2D eigenvalue weighted by atomic mass is 35.5. The second kappa shape index (κ2) is 7.09. The first kappa shape index (κ1) is 12.8. The van der Waals surface area contributed by atoms with Gasteiger partial charge in [0, 0.05) is 15.5 Å². The molecule has 0 N–H and O–H groups in total. The van der Waals surface area contributed by atoms with Crippen LogP contribution in [0.5, 0.6) is 0 Å². The molecule has 2 aromatic rings. The summed E-state index contributed by atoms with van der Waals surface area (Å²) < 4.78 is 0. The minimum Gasteiger partial charge on any atom is -0.298 e. The van der Waals surface area contributed by atoms with Crippen LogP contribution >= 0.6 is 24.2 Å². The van der Waals surface area contributed by atoms with Gasteiger partial charge in [0.2, 0.25) is 0 Å². The zero-order valence-corrected chi connectivity index (χ0v) is 10.2. The second-order valence-corrected chi connectivity index (χ2v) is 3.96. The Morgan fingerprint density at radius 1 is 0.938 bits per heavy atom. The van der Waals surface area contributed by atoms with Crippen LogP contribution in [0.2, 0.25) is 5.02 Å². The first-order valence-electron chi connectivity index (χ1n) is 4.67. The number of hydrogen-bond acceptors (Lipinski definition) is 2. The van der Waals surface area contributed by atoms with E-state index in [-0.39, 0.29) is 0 Å². The second-order valence-electron chi connectivity index (χ2n) is 3.00. The maximum Gasteiger partial charge on any atom is 0.150 e. The lowest BCUT2D eigenvalue weighted by molar-refractivity contribution is 0.112. The Hall–Kier alpha value is -1.25. The van der Waals surface area contributed by atoms with Crippen LogP contribution in [0.4, 0.5) is 0 Å². The van der Waals surface area contributed by atoms with Gasteiger partial charge in [-0.1, -0.05) is 41.9 Å². The number of carbonyl (C=O) groups is 1. The van der Waals surface area contributed by atoms with E-state index in [1.54, 1.807) is 24.3 Å². The van der Waals surface area contributed by atoms with E-state index in [0.29, 0.717) is 5.56 Å². The molecule has 0 aliphatic rings. The molecule has 0 aromatic heterocycles. The average Bonchev–Trinajstić information content (AvgIpc) is 2.32. The fourth-order valence-corrected chi connectivity index (χ4v) is 1.26. The third kappa shape index (κ3) is 5.01. The SMILES string of the molecule is Clc1ccccc1.O=Cc1ccc(S)cc1. The van der Waals surface area contributed by atoms with Gasteiger partial charge in [0.1, 0.15) is 6.29 Å². The topological polar surface area (TPSA) is 17.1 Å². The van der Waals surface area contributed by atoms with E-state index in [9.17, 15) is 4.79 Å². The molecule has 16 heavy (non-hydrogen) atoms. The highest BCUT2D eigenvalue weighted by Gasteiger charge is 1.85. The Kier molecular flexibility index (Phi) is 5.68. The molecule has 0 saturated carbocycles. The number of benzene rings is 2. The first-order valence-corrected chi connectivity index (χ1v) is 5.49. The van der Waals surface area contributed by atoms with Gasteiger partial charge in [0.15, 0.2) is 0 Å². The van der Waals surface area contributed by atoms with Crippen molar-refractivity contribution in [1.29, 1.82) is 0 Å². The molecule has 0 heterocycles. The van der Waals surface area contributed by atoms with E-state index in [4.69, 9.17) is 11.6 Å². The molecule has 0 atom stereocenters. The first-order chi connectivity index (χ1) is 7.72. The number of carbonyl (C=O) groups excluding carboxylic acids is 1. The summed E-state index contributed by atoms with van der Waals surface area (Å²) >= 11 is 9.59. The third-order valence-electron chi connectivity index (χ3n) is 1.76. The Balaban J connectivity index is 0.000000165. The number of aldehydes is 1. The Morgan fingerprint density at radius 2 is 1.50 bits per heavy atom. The van der Waals surface area contributed by atoms with Crippen LogP contribution in [0.25, 0.3) is 0 Å². The van der Waals surface area contributed by atoms with Crippen LogP contribution in [-0.4, -0.2) is 6.29 Å². The fourth-order valence-electron chi connectivity index (χ4n) is 0.968. The average molecular weight is 251 g/mol. The molecule has 0 bridgehead atoms. The predicted octanol–water partition coefficient (Wildman–Crippen LogP) is 4.13. The van der Waals surface area contributed by atoms with Crippen molar-refractivity contribution in [3.8, 4) is 0 Å². The summed E-state index contributed by atoms with van der Waals surface area (Å²) in [5.41, 5.74) is 0.688.